The molecule has 6 heteroatoms. The summed E-state index contributed by atoms with van der Waals surface area (Å²) >= 11 is 6.38. The van der Waals surface area contributed by atoms with Crippen molar-refractivity contribution in [2.45, 2.75) is 31.9 Å². The van der Waals surface area contributed by atoms with E-state index in [9.17, 15) is 9.59 Å². The fourth-order valence-corrected chi connectivity index (χ4v) is 4.16. The Morgan fingerprint density at radius 3 is 2.48 bits per heavy atom. The number of carbonyl (C=O) groups excluding carboxylic acids is 2. The van der Waals surface area contributed by atoms with Crippen molar-refractivity contribution in [1.29, 1.82) is 0 Å². The number of carbonyl (C=O) groups is 2. The highest BCUT2D eigenvalue weighted by atomic mass is 35.5. The Kier molecular flexibility index (Phi) is 6.63. The molecule has 0 N–H and O–H groups in total. The van der Waals surface area contributed by atoms with Crippen molar-refractivity contribution in [2.24, 2.45) is 0 Å². The largest absolute Gasteiger partial charge is 0.445 e. The van der Waals surface area contributed by atoms with Crippen LogP contribution in [0.25, 0.3) is 11.1 Å². The Balaban J connectivity index is 1.48. The lowest BCUT2D eigenvalue weighted by Crippen LogP contribution is -2.41. The summed E-state index contributed by atoms with van der Waals surface area (Å²) in [5, 5.41) is 0.311. The molecule has 0 spiro atoms. The van der Waals surface area contributed by atoms with E-state index in [0.29, 0.717) is 23.7 Å². The van der Waals surface area contributed by atoms with Gasteiger partial charge in [0.15, 0.2) is 5.78 Å². The van der Waals surface area contributed by atoms with Crippen LogP contribution in [0.4, 0.5) is 4.79 Å². The number of Topliss-reactive ketones (excluding diaryl/α,β-unsaturated/α-hetero) is 1. The first-order chi connectivity index (χ1) is 15.1. The average Bonchev–Trinajstić information content (AvgIpc) is 3.30. The smallest absolute Gasteiger partial charge is 0.410 e. The molecule has 2 heterocycles. The first kappa shape index (κ1) is 21.1. The van der Waals surface area contributed by atoms with E-state index in [1.54, 1.807) is 6.20 Å². The molecule has 2 aromatic carbocycles. The van der Waals surface area contributed by atoms with Gasteiger partial charge in [0.1, 0.15) is 11.8 Å². The number of rotatable bonds is 6. The molecule has 1 saturated heterocycles. The molecule has 1 fully saturated rings. The number of likely N-dealkylation sites (tertiary alicyclic amines) is 1. The van der Waals surface area contributed by atoms with Crippen LogP contribution in [0, 0.1) is 0 Å². The van der Waals surface area contributed by atoms with Gasteiger partial charge in [-0.2, -0.15) is 0 Å². The third-order valence-corrected chi connectivity index (χ3v) is 5.83. The van der Waals surface area contributed by atoms with E-state index >= 15 is 0 Å². The molecule has 0 radical (unpaired) electrons. The normalized spacial score (nSPS) is 15.6. The average molecular weight is 435 g/mol. The Bertz CT molecular complexity index is 1060. The molecule has 0 bridgehead atoms. The topological polar surface area (TPSA) is 59.5 Å². The molecule has 1 aliphatic rings. The number of halogens is 1. The molecule has 4 rings (SSSR count). The molecule has 31 heavy (non-hydrogen) atoms. The quantitative estimate of drug-likeness (QED) is 0.493. The zero-order valence-electron chi connectivity index (χ0n) is 17.0. The van der Waals surface area contributed by atoms with Crippen molar-refractivity contribution in [3.63, 3.8) is 0 Å². The summed E-state index contributed by atoms with van der Waals surface area (Å²) in [5.41, 5.74) is 3.45. The minimum Gasteiger partial charge on any atom is -0.445 e. The Morgan fingerprint density at radius 1 is 1.03 bits per heavy atom. The lowest BCUT2D eigenvalue weighted by Gasteiger charge is -2.23. The number of aromatic nitrogens is 1. The highest BCUT2D eigenvalue weighted by Crippen LogP contribution is 2.30. The highest BCUT2D eigenvalue weighted by Gasteiger charge is 2.35. The van der Waals surface area contributed by atoms with E-state index in [1.165, 1.54) is 4.90 Å². The number of amides is 1. The number of nitrogens with zero attached hydrogens (tertiary/aromatic N) is 2. The molecule has 5 nitrogen and oxygen atoms in total. The predicted molar refractivity (Wildman–Crippen MR) is 120 cm³/mol. The van der Waals surface area contributed by atoms with Crippen LogP contribution in [-0.4, -0.2) is 34.3 Å². The molecule has 1 aliphatic heterocycles. The number of benzene rings is 2. The van der Waals surface area contributed by atoms with Gasteiger partial charge in [0.2, 0.25) is 0 Å². The van der Waals surface area contributed by atoms with E-state index in [-0.39, 0.29) is 18.8 Å². The fourth-order valence-electron chi connectivity index (χ4n) is 3.94. The Morgan fingerprint density at radius 2 is 1.74 bits per heavy atom. The first-order valence-electron chi connectivity index (χ1n) is 10.3. The lowest BCUT2D eigenvalue weighted by molar-refractivity contribution is -0.122. The van der Waals surface area contributed by atoms with Crippen LogP contribution in [0.1, 0.15) is 24.0 Å². The maximum atomic E-state index is 13.2. The third-order valence-electron chi connectivity index (χ3n) is 5.50. The zero-order valence-corrected chi connectivity index (χ0v) is 17.8. The standard InChI is InChI=1S/C25H23ClN2O3/c26-24-21(20(13-14-27-24)19-10-5-2-6-11-19)16-23(29)22-12-7-15-28(22)25(30)31-17-18-8-3-1-4-9-18/h1-6,8-11,13-14,22H,7,12,15-17H2. The number of ether oxygens (including phenoxy) is 1. The molecule has 0 aliphatic carbocycles. The van der Waals surface area contributed by atoms with Gasteiger partial charge >= 0.3 is 6.09 Å². The van der Waals surface area contributed by atoms with E-state index in [4.69, 9.17) is 16.3 Å². The molecule has 1 atom stereocenters. The van der Waals surface area contributed by atoms with Gasteiger partial charge in [0.25, 0.3) is 0 Å². The second-order valence-corrected chi connectivity index (χ2v) is 7.89. The van der Waals surface area contributed by atoms with Crippen LogP contribution in [0.5, 0.6) is 0 Å². The summed E-state index contributed by atoms with van der Waals surface area (Å²) in [4.78, 5) is 31.6. The maximum Gasteiger partial charge on any atom is 0.410 e. The van der Waals surface area contributed by atoms with Crippen LogP contribution in [-0.2, 0) is 22.6 Å². The lowest BCUT2D eigenvalue weighted by atomic mass is 9.95. The monoisotopic (exact) mass is 434 g/mol. The van der Waals surface area contributed by atoms with Crippen LogP contribution in [0.2, 0.25) is 5.15 Å². The molecule has 1 unspecified atom stereocenters. The Labute approximate surface area is 186 Å². The number of hydrogen-bond donors (Lipinski definition) is 0. The van der Waals surface area contributed by atoms with Crippen molar-refractivity contribution in [2.75, 3.05) is 6.54 Å². The summed E-state index contributed by atoms with van der Waals surface area (Å²) in [5.74, 6) is -0.0544. The van der Waals surface area contributed by atoms with Crippen molar-refractivity contribution in [3.05, 3.63) is 89.2 Å². The van der Waals surface area contributed by atoms with E-state index < -0.39 is 12.1 Å². The van der Waals surface area contributed by atoms with Crippen LogP contribution < -0.4 is 0 Å². The van der Waals surface area contributed by atoms with Crippen molar-refractivity contribution in [3.8, 4) is 11.1 Å². The summed E-state index contributed by atoms with van der Waals surface area (Å²) < 4.78 is 5.46. The van der Waals surface area contributed by atoms with Gasteiger partial charge in [0.05, 0.1) is 6.04 Å². The van der Waals surface area contributed by atoms with Gasteiger partial charge < -0.3 is 4.74 Å². The van der Waals surface area contributed by atoms with Crippen LogP contribution in [0.3, 0.4) is 0 Å². The highest BCUT2D eigenvalue weighted by molar-refractivity contribution is 6.30. The Hall–Kier alpha value is -3.18. The van der Waals surface area contributed by atoms with Crippen LogP contribution >= 0.6 is 11.6 Å². The van der Waals surface area contributed by atoms with Crippen molar-refractivity contribution in [1.82, 2.24) is 9.88 Å². The summed E-state index contributed by atoms with van der Waals surface area (Å²) in [6, 6.07) is 20.6. The minimum absolute atomic E-state index is 0.0544. The van der Waals surface area contributed by atoms with Gasteiger partial charge in [-0.15, -0.1) is 0 Å². The molecule has 1 aromatic heterocycles. The SMILES string of the molecule is O=C(Cc1c(-c2ccccc2)ccnc1Cl)C1CCCN1C(=O)OCc1ccccc1. The van der Waals surface area contributed by atoms with Gasteiger partial charge in [-0.25, -0.2) is 9.78 Å². The van der Waals surface area contributed by atoms with E-state index in [0.717, 1.165) is 23.1 Å². The zero-order chi connectivity index (χ0) is 21.6. The summed E-state index contributed by atoms with van der Waals surface area (Å²) in [7, 11) is 0. The minimum atomic E-state index is -0.511. The maximum absolute atomic E-state index is 13.2. The van der Waals surface area contributed by atoms with Gasteiger partial charge in [0, 0.05) is 24.7 Å². The molecular formula is C25H23ClN2O3. The van der Waals surface area contributed by atoms with E-state index in [1.807, 2.05) is 66.7 Å². The van der Waals surface area contributed by atoms with Crippen molar-refractivity contribution >= 4 is 23.5 Å². The second-order valence-electron chi connectivity index (χ2n) is 7.53. The van der Waals surface area contributed by atoms with E-state index in [2.05, 4.69) is 4.98 Å². The van der Waals surface area contributed by atoms with Gasteiger partial charge in [-0.05, 0) is 35.6 Å². The first-order valence-corrected chi connectivity index (χ1v) is 10.7. The van der Waals surface area contributed by atoms with Gasteiger partial charge in [-0.3, -0.25) is 9.69 Å². The number of pyridine rings is 1. The predicted octanol–water partition coefficient (Wildman–Crippen LogP) is 5.31. The second kappa shape index (κ2) is 9.75. The molecule has 158 valence electrons. The summed E-state index contributed by atoms with van der Waals surface area (Å²) in [6.45, 7) is 0.694. The molecule has 0 saturated carbocycles. The van der Waals surface area contributed by atoms with Gasteiger partial charge in [-0.1, -0.05) is 72.3 Å². The molecular weight excluding hydrogens is 412 g/mol. The molecule has 3 aromatic rings. The van der Waals surface area contributed by atoms with Crippen molar-refractivity contribution < 1.29 is 14.3 Å². The molecule has 1 amide bonds. The number of ketones is 1. The fraction of sp³-hybridized carbons (Fsp3) is 0.240. The third kappa shape index (κ3) is 4.94. The number of hydrogen-bond acceptors (Lipinski definition) is 4. The van der Waals surface area contributed by atoms with Crippen LogP contribution in [0.15, 0.2) is 72.9 Å². The summed E-state index contributed by atoms with van der Waals surface area (Å²) in [6.07, 6.45) is 2.69.